The summed E-state index contributed by atoms with van der Waals surface area (Å²) in [7, 11) is 0. The van der Waals surface area contributed by atoms with Crippen molar-refractivity contribution in [3.63, 3.8) is 0 Å². The van der Waals surface area contributed by atoms with Crippen LogP contribution in [0.4, 0.5) is 0 Å². The molecule has 7 heteroatoms. The van der Waals surface area contributed by atoms with E-state index in [0.717, 1.165) is 12.8 Å². The van der Waals surface area contributed by atoms with Crippen LogP contribution in [-0.2, 0) is 14.3 Å². The minimum atomic E-state index is -0.926. The molecule has 0 bridgehead atoms. The van der Waals surface area contributed by atoms with E-state index in [2.05, 4.69) is 10.6 Å². The van der Waals surface area contributed by atoms with Crippen LogP contribution >= 0.6 is 0 Å². The highest BCUT2D eigenvalue weighted by atomic mass is 16.5. The maximum atomic E-state index is 12.8. The van der Waals surface area contributed by atoms with E-state index in [1.54, 1.807) is 31.2 Å². The summed E-state index contributed by atoms with van der Waals surface area (Å²) in [6.07, 6.45) is 4.99. The maximum Gasteiger partial charge on any atom is 0.329 e. The van der Waals surface area contributed by atoms with Gasteiger partial charge < -0.3 is 20.1 Å². The normalized spacial score (nSPS) is 16.3. The van der Waals surface area contributed by atoms with E-state index in [9.17, 15) is 14.4 Å². The molecule has 1 fully saturated rings. The molecule has 0 aliphatic heterocycles. The molecule has 0 heterocycles. The van der Waals surface area contributed by atoms with Crippen LogP contribution in [0.15, 0.2) is 24.3 Å². The molecule has 1 aromatic carbocycles. The largest absolute Gasteiger partial charge is 0.493 e. The van der Waals surface area contributed by atoms with Gasteiger partial charge in [-0.2, -0.15) is 0 Å². The lowest BCUT2D eigenvalue weighted by atomic mass is 9.89. The van der Waals surface area contributed by atoms with Crippen molar-refractivity contribution in [2.75, 3.05) is 13.2 Å². The van der Waals surface area contributed by atoms with Crippen molar-refractivity contribution in [3.05, 3.63) is 29.8 Å². The van der Waals surface area contributed by atoms with Gasteiger partial charge in [0.05, 0.1) is 12.2 Å². The van der Waals surface area contributed by atoms with Crippen LogP contribution in [0.5, 0.6) is 5.75 Å². The van der Waals surface area contributed by atoms with Crippen LogP contribution in [-0.4, -0.2) is 43.1 Å². The first kappa shape index (κ1) is 24.7. The molecular weight excluding hydrogens is 396 g/mol. The first-order valence-corrected chi connectivity index (χ1v) is 11.3. The van der Waals surface area contributed by atoms with Crippen molar-refractivity contribution in [1.82, 2.24) is 10.6 Å². The maximum absolute atomic E-state index is 12.8. The quantitative estimate of drug-likeness (QED) is 0.552. The Labute approximate surface area is 185 Å². The average molecular weight is 433 g/mol. The number of carbonyl (C=O) groups excluding carboxylic acids is 3. The number of carbonyl (C=O) groups is 3. The first-order chi connectivity index (χ1) is 14.8. The molecule has 31 heavy (non-hydrogen) atoms. The Kier molecular flexibility index (Phi) is 9.82. The summed E-state index contributed by atoms with van der Waals surface area (Å²) < 4.78 is 10.9. The number of hydrogen-bond acceptors (Lipinski definition) is 5. The second-order valence-electron chi connectivity index (χ2n) is 8.45. The van der Waals surface area contributed by atoms with Crippen LogP contribution in [0, 0.1) is 11.8 Å². The molecule has 1 saturated carbocycles. The SMILES string of the molecule is CCOc1ccccc1C(=O)N[C@H](C(=O)OC(C)C(=O)NCC1CCCCC1)C(C)C. The highest BCUT2D eigenvalue weighted by Crippen LogP contribution is 2.23. The summed E-state index contributed by atoms with van der Waals surface area (Å²) in [6, 6.07) is 5.99. The number of hydrogen-bond donors (Lipinski definition) is 2. The fourth-order valence-corrected chi connectivity index (χ4v) is 3.73. The molecule has 1 aliphatic rings. The highest BCUT2D eigenvalue weighted by molar-refractivity contribution is 5.99. The van der Waals surface area contributed by atoms with E-state index in [1.807, 2.05) is 20.8 Å². The molecule has 0 radical (unpaired) electrons. The van der Waals surface area contributed by atoms with Crippen LogP contribution in [0.25, 0.3) is 0 Å². The van der Waals surface area contributed by atoms with Crippen LogP contribution in [0.1, 0.15) is 70.2 Å². The van der Waals surface area contributed by atoms with Gasteiger partial charge in [-0.3, -0.25) is 9.59 Å². The zero-order valence-electron chi connectivity index (χ0n) is 19.1. The van der Waals surface area contributed by atoms with Gasteiger partial charge in [-0.1, -0.05) is 45.2 Å². The molecule has 1 unspecified atom stereocenters. The van der Waals surface area contributed by atoms with E-state index >= 15 is 0 Å². The Bertz CT molecular complexity index is 743. The van der Waals surface area contributed by atoms with Crippen molar-refractivity contribution in [3.8, 4) is 5.75 Å². The monoisotopic (exact) mass is 432 g/mol. The molecule has 7 nitrogen and oxygen atoms in total. The summed E-state index contributed by atoms with van der Waals surface area (Å²) in [5.74, 6) is -0.628. The van der Waals surface area contributed by atoms with Crippen LogP contribution in [0.2, 0.25) is 0 Å². The third-order valence-corrected chi connectivity index (χ3v) is 5.59. The van der Waals surface area contributed by atoms with Gasteiger partial charge in [0, 0.05) is 6.54 Å². The van der Waals surface area contributed by atoms with Gasteiger partial charge in [-0.05, 0) is 50.7 Å². The number of benzene rings is 1. The number of rotatable bonds is 10. The summed E-state index contributed by atoms with van der Waals surface area (Å²) in [4.78, 5) is 37.9. The van der Waals surface area contributed by atoms with E-state index < -0.39 is 24.0 Å². The molecule has 2 rings (SSSR count). The van der Waals surface area contributed by atoms with Gasteiger partial charge in [0.25, 0.3) is 11.8 Å². The zero-order chi connectivity index (χ0) is 22.8. The summed E-state index contributed by atoms with van der Waals surface area (Å²) in [6.45, 7) is 8.05. The molecule has 0 saturated heterocycles. The minimum Gasteiger partial charge on any atom is -0.493 e. The summed E-state index contributed by atoms with van der Waals surface area (Å²) in [5, 5.41) is 5.63. The van der Waals surface area contributed by atoms with E-state index in [0.29, 0.717) is 30.4 Å². The topological polar surface area (TPSA) is 93.7 Å². The fraction of sp³-hybridized carbons (Fsp3) is 0.625. The third kappa shape index (κ3) is 7.56. The van der Waals surface area contributed by atoms with Gasteiger partial charge in [-0.25, -0.2) is 4.79 Å². The van der Waals surface area contributed by atoms with Crippen molar-refractivity contribution in [2.45, 2.75) is 71.9 Å². The molecule has 172 valence electrons. The molecule has 0 spiro atoms. The molecular formula is C24H36N2O5. The smallest absolute Gasteiger partial charge is 0.329 e. The third-order valence-electron chi connectivity index (χ3n) is 5.59. The molecule has 2 N–H and O–H groups in total. The van der Waals surface area contributed by atoms with Crippen LogP contribution in [0.3, 0.4) is 0 Å². The second kappa shape index (κ2) is 12.3. The second-order valence-corrected chi connectivity index (χ2v) is 8.45. The predicted octanol–water partition coefficient (Wildman–Crippen LogP) is 3.47. The van der Waals surface area contributed by atoms with Crippen molar-refractivity contribution >= 4 is 17.8 Å². The lowest BCUT2D eigenvalue weighted by Gasteiger charge is -2.25. The van der Waals surface area contributed by atoms with Crippen molar-refractivity contribution in [2.24, 2.45) is 11.8 Å². The molecule has 2 amide bonds. The Morgan fingerprint density at radius 3 is 2.39 bits per heavy atom. The van der Waals surface area contributed by atoms with Crippen molar-refractivity contribution in [1.29, 1.82) is 0 Å². The van der Waals surface area contributed by atoms with E-state index in [4.69, 9.17) is 9.47 Å². The molecule has 2 atom stereocenters. The Morgan fingerprint density at radius 1 is 1.06 bits per heavy atom. The zero-order valence-corrected chi connectivity index (χ0v) is 19.1. The number of nitrogens with one attached hydrogen (secondary N) is 2. The summed E-state index contributed by atoms with van der Waals surface area (Å²) >= 11 is 0. The molecule has 1 aliphatic carbocycles. The fourth-order valence-electron chi connectivity index (χ4n) is 3.73. The predicted molar refractivity (Wildman–Crippen MR) is 119 cm³/mol. The number of esters is 1. The van der Waals surface area contributed by atoms with Gasteiger partial charge in [0.1, 0.15) is 11.8 Å². The highest BCUT2D eigenvalue weighted by Gasteiger charge is 2.30. The van der Waals surface area contributed by atoms with E-state index in [1.165, 1.54) is 19.3 Å². The lowest BCUT2D eigenvalue weighted by molar-refractivity contribution is -0.157. The van der Waals surface area contributed by atoms with E-state index in [-0.39, 0.29) is 11.8 Å². The Balaban J connectivity index is 1.93. The van der Waals surface area contributed by atoms with Gasteiger partial charge in [0.15, 0.2) is 6.10 Å². The van der Waals surface area contributed by atoms with Crippen LogP contribution < -0.4 is 15.4 Å². The molecule has 1 aromatic rings. The minimum absolute atomic E-state index is 0.215. The molecule has 0 aromatic heterocycles. The van der Waals surface area contributed by atoms with Gasteiger partial charge in [0.2, 0.25) is 0 Å². The average Bonchev–Trinajstić information content (AvgIpc) is 2.76. The van der Waals surface area contributed by atoms with Gasteiger partial charge in [-0.15, -0.1) is 0 Å². The standard InChI is InChI=1S/C24H36N2O5/c1-5-30-20-14-10-9-13-19(20)23(28)26-21(16(2)3)24(29)31-17(4)22(27)25-15-18-11-7-6-8-12-18/h9-10,13-14,16-18,21H,5-8,11-12,15H2,1-4H3,(H,25,27)(H,26,28)/t17?,21-/m0/s1. The number of amides is 2. The number of ether oxygens (including phenoxy) is 2. The first-order valence-electron chi connectivity index (χ1n) is 11.3. The lowest BCUT2D eigenvalue weighted by Crippen LogP contribution is -2.48. The number of para-hydroxylation sites is 1. The Morgan fingerprint density at radius 2 is 1.74 bits per heavy atom. The van der Waals surface area contributed by atoms with Crippen molar-refractivity contribution < 1.29 is 23.9 Å². The summed E-state index contributed by atoms with van der Waals surface area (Å²) in [5.41, 5.74) is 0.348. The Hall–Kier alpha value is -2.57. The van der Waals surface area contributed by atoms with Gasteiger partial charge >= 0.3 is 5.97 Å².